The standard InChI is InChI=1S/C31H29ClF3NO2/c1-30(24-13-4-2-5-14-24,25-15-6-3-7-16-25)36(20-11-21-38-28-19-9-8-18-27(28)37)22-23-12-10-17-26(29(23)32)31(33,34)35/h2-10,12-19,37H,11,20-22H2,1H3. The van der Waals surface area contributed by atoms with E-state index in [1.807, 2.05) is 60.7 Å². The van der Waals surface area contributed by atoms with Crippen molar-refractivity contribution in [1.29, 1.82) is 0 Å². The maximum atomic E-state index is 13.6. The van der Waals surface area contributed by atoms with Crippen LogP contribution < -0.4 is 4.74 Å². The van der Waals surface area contributed by atoms with Crippen LogP contribution in [-0.2, 0) is 18.3 Å². The van der Waals surface area contributed by atoms with Crippen LogP contribution in [0, 0.1) is 0 Å². The number of phenolic OH excluding ortho intramolecular Hbond substituents is 1. The summed E-state index contributed by atoms with van der Waals surface area (Å²) < 4.78 is 46.7. The van der Waals surface area contributed by atoms with Gasteiger partial charge in [0.1, 0.15) is 0 Å². The third-order valence-corrected chi connectivity index (χ3v) is 7.19. The molecule has 0 spiro atoms. The highest BCUT2D eigenvalue weighted by Gasteiger charge is 2.37. The fraction of sp³-hybridized carbons (Fsp3) is 0.226. The summed E-state index contributed by atoms with van der Waals surface area (Å²) in [5.74, 6) is 0.437. The van der Waals surface area contributed by atoms with Crippen LogP contribution in [-0.4, -0.2) is 23.2 Å². The summed E-state index contributed by atoms with van der Waals surface area (Å²) in [7, 11) is 0. The van der Waals surface area contributed by atoms with Crippen molar-refractivity contribution in [3.05, 3.63) is 130 Å². The third-order valence-electron chi connectivity index (χ3n) is 6.74. The van der Waals surface area contributed by atoms with Gasteiger partial charge in [-0.2, -0.15) is 13.2 Å². The molecule has 4 aromatic rings. The van der Waals surface area contributed by atoms with E-state index in [0.717, 1.165) is 17.2 Å². The molecule has 3 nitrogen and oxygen atoms in total. The average molecular weight is 540 g/mol. The Balaban J connectivity index is 1.70. The number of halogens is 4. The minimum atomic E-state index is -4.55. The van der Waals surface area contributed by atoms with Crippen molar-refractivity contribution in [2.24, 2.45) is 0 Å². The van der Waals surface area contributed by atoms with E-state index < -0.39 is 17.3 Å². The largest absolute Gasteiger partial charge is 0.504 e. The molecule has 0 amide bonds. The highest BCUT2D eigenvalue weighted by molar-refractivity contribution is 6.32. The molecule has 4 aromatic carbocycles. The average Bonchev–Trinajstić information content (AvgIpc) is 2.92. The summed E-state index contributed by atoms with van der Waals surface area (Å²) in [6.07, 6.45) is -3.99. The minimum Gasteiger partial charge on any atom is -0.504 e. The van der Waals surface area contributed by atoms with Gasteiger partial charge in [0.05, 0.1) is 22.7 Å². The number of hydrogen-bond acceptors (Lipinski definition) is 3. The van der Waals surface area contributed by atoms with E-state index >= 15 is 0 Å². The van der Waals surface area contributed by atoms with Crippen molar-refractivity contribution < 1.29 is 23.0 Å². The third kappa shape index (κ3) is 6.14. The van der Waals surface area contributed by atoms with E-state index in [1.165, 1.54) is 6.07 Å². The Morgan fingerprint density at radius 2 is 1.37 bits per heavy atom. The van der Waals surface area contributed by atoms with Crippen LogP contribution in [0.1, 0.15) is 35.6 Å². The number of nitrogens with zero attached hydrogens (tertiary/aromatic N) is 1. The van der Waals surface area contributed by atoms with Gasteiger partial charge in [-0.25, -0.2) is 0 Å². The lowest BCUT2D eigenvalue weighted by molar-refractivity contribution is -0.137. The molecule has 0 aliphatic rings. The first-order valence-electron chi connectivity index (χ1n) is 12.3. The van der Waals surface area contributed by atoms with Gasteiger partial charge in [0.2, 0.25) is 0 Å². The Hall–Kier alpha value is -3.48. The van der Waals surface area contributed by atoms with E-state index in [4.69, 9.17) is 16.3 Å². The molecule has 0 radical (unpaired) electrons. The van der Waals surface area contributed by atoms with E-state index in [-0.39, 0.29) is 17.3 Å². The lowest BCUT2D eigenvalue weighted by Gasteiger charge is -2.43. The van der Waals surface area contributed by atoms with Crippen LogP contribution in [0.5, 0.6) is 11.5 Å². The Morgan fingerprint density at radius 1 is 0.789 bits per heavy atom. The molecule has 0 saturated carbocycles. The Kier molecular flexibility index (Phi) is 8.65. The Bertz CT molecular complexity index is 1290. The van der Waals surface area contributed by atoms with Gasteiger partial charge in [-0.15, -0.1) is 0 Å². The number of alkyl halides is 3. The predicted octanol–water partition coefficient (Wildman–Crippen LogP) is 8.30. The number of hydrogen-bond donors (Lipinski definition) is 1. The van der Waals surface area contributed by atoms with Gasteiger partial charge in [-0.1, -0.05) is 96.5 Å². The van der Waals surface area contributed by atoms with E-state index in [9.17, 15) is 18.3 Å². The van der Waals surface area contributed by atoms with Crippen molar-refractivity contribution in [3.8, 4) is 11.5 Å². The van der Waals surface area contributed by atoms with Crippen molar-refractivity contribution in [2.75, 3.05) is 13.2 Å². The monoisotopic (exact) mass is 539 g/mol. The molecule has 0 fully saturated rings. The fourth-order valence-electron chi connectivity index (χ4n) is 4.66. The highest BCUT2D eigenvalue weighted by Crippen LogP contribution is 2.40. The maximum Gasteiger partial charge on any atom is 0.417 e. The molecule has 0 heterocycles. The van der Waals surface area contributed by atoms with Crippen LogP contribution in [0.4, 0.5) is 13.2 Å². The van der Waals surface area contributed by atoms with E-state index in [0.29, 0.717) is 30.9 Å². The van der Waals surface area contributed by atoms with Crippen LogP contribution in [0.25, 0.3) is 0 Å². The molecular weight excluding hydrogens is 511 g/mol. The zero-order chi connectivity index (χ0) is 27.2. The van der Waals surface area contributed by atoms with Gasteiger partial charge in [-0.3, -0.25) is 4.90 Å². The summed E-state index contributed by atoms with van der Waals surface area (Å²) in [4.78, 5) is 2.13. The van der Waals surface area contributed by atoms with Gasteiger partial charge in [-0.05, 0) is 48.2 Å². The molecular formula is C31H29ClF3NO2. The van der Waals surface area contributed by atoms with Crippen molar-refractivity contribution in [1.82, 2.24) is 4.90 Å². The molecule has 0 bridgehead atoms. The molecule has 0 unspecified atom stereocenters. The number of rotatable bonds is 10. The molecule has 0 aromatic heterocycles. The first-order valence-corrected chi connectivity index (χ1v) is 12.7. The Labute approximate surface area is 226 Å². The van der Waals surface area contributed by atoms with Crippen LogP contribution >= 0.6 is 11.6 Å². The number of benzene rings is 4. The number of ether oxygens (including phenoxy) is 1. The second-order valence-electron chi connectivity index (χ2n) is 9.17. The lowest BCUT2D eigenvalue weighted by Crippen LogP contribution is -2.45. The van der Waals surface area contributed by atoms with Crippen molar-refractivity contribution in [2.45, 2.75) is 31.6 Å². The SMILES string of the molecule is CC(c1ccccc1)(c1ccccc1)N(CCCOc1ccccc1O)Cc1cccc(C(F)(F)F)c1Cl. The number of aromatic hydroxyl groups is 1. The molecule has 38 heavy (non-hydrogen) atoms. The summed E-state index contributed by atoms with van der Waals surface area (Å²) in [5, 5.41) is 9.73. The van der Waals surface area contributed by atoms with Crippen molar-refractivity contribution >= 4 is 11.6 Å². The van der Waals surface area contributed by atoms with Gasteiger partial charge in [0, 0.05) is 13.1 Å². The molecule has 1 N–H and O–H groups in total. The topological polar surface area (TPSA) is 32.7 Å². The zero-order valence-electron chi connectivity index (χ0n) is 21.0. The van der Waals surface area contributed by atoms with E-state index in [1.54, 1.807) is 30.3 Å². The summed E-state index contributed by atoms with van der Waals surface area (Å²) in [6, 6.07) is 30.5. The zero-order valence-corrected chi connectivity index (χ0v) is 21.7. The van der Waals surface area contributed by atoms with Crippen LogP contribution in [0.2, 0.25) is 5.02 Å². The molecule has 0 atom stereocenters. The summed E-state index contributed by atoms with van der Waals surface area (Å²) in [5.41, 5.74) is 0.850. The second-order valence-corrected chi connectivity index (χ2v) is 9.55. The minimum absolute atomic E-state index is 0.0542. The predicted molar refractivity (Wildman–Crippen MR) is 144 cm³/mol. The first-order chi connectivity index (χ1) is 18.2. The maximum absolute atomic E-state index is 13.6. The lowest BCUT2D eigenvalue weighted by atomic mass is 9.82. The van der Waals surface area contributed by atoms with Crippen molar-refractivity contribution in [3.63, 3.8) is 0 Å². The van der Waals surface area contributed by atoms with Crippen LogP contribution in [0.15, 0.2) is 103 Å². The highest BCUT2D eigenvalue weighted by atomic mass is 35.5. The summed E-state index contributed by atoms with van der Waals surface area (Å²) in [6.45, 7) is 3.05. The quantitative estimate of drug-likeness (QED) is 0.206. The van der Waals surface area contributed by atoms with Gasteiger partial charge < -0.3 is 9.84 Å². The molecule has 0 aliphatic heterocycles. The van der Waals surface area contributed by atoms with E-state index in [2.05, 4.69) is 11.8 Å². The molecule has 4 rings (SSSR count). The smallest absolute Gasteiger partial charge is 0.417 e. The number of para-hydroxylation sites is 2. The summed E-state index contributed by atoms with van der Waals surface area (Å²) >= 11 is 6.34. The van der Waals surface area contributed by atoms with Crippen LogP contribution in [0.3, 0.4) is 0 Å². The second kappa shape index (κ2) is 11.9. The molecule has 7 heteroatoms. The molecule has 0 aliphatic carbocycles. The van der Waals surface area contributed by atoms with Gasteiger partial charge in [0.15, 0.2) is 11.5 Å². The fourth-order valence-corrected chi connectivity index (χ4v) is 4.95. The Morgan fingerprint density at radius 3 is 1.95 bits per heavy atom. The molecule has 198 valence electrons. The number of phenols is 1. The first kappa shape index (κ1) is 27.6. The normalized spacial score (nSPS) is 12.1. The van der Waals surface area contributed by atoms with Gasteiger partial charge >= 0.3 is 6.18 Å². The molecule has 0 saturated heterocycles. The van der Waals surface area contributed by atoms with Gasteiger partial charge in [0.25, 0.3) is 0 Å².